The minimum absolute atomic E-state index is 0.114. The molecule has 0 aromatic heterocycles. The predicted octanol–water partition coefficient (Wildman–Crippen LogP) is 1.76. The smallest absolute Gasteiger partial charge is 0.251 e. The Labute approximate surface area is 118 Å². The number of rotatable bonds is 6. The van der Waals surface area contributed by atoms with Crippen LogP contribution in [0, 0.1) is 0 Å². The van der Waals surface area contributed by atoms with E-state index in [1.54, 1.807) is 23.9 Å². The lowest BCUT2D eigenvalue weighted by Crippen LogP contribution is -2.26. The first-order chi connectivity index (χ1) is 9.10. The van der Waals surface area contributed by atoms with E-state index in [0.29, 0.717) is 23.4 Å². The van der Waals surface area contributed by atoms with E-state index in [2.05, 4.69) is 17.2 Å². The van der Waals surface area contributed by atoms with E-state index in [9.17, 15) is 9.59 Å². The number of nitrogens with one attached hydrogen (secondary N) is 2. The van der Waals surface area contributed by atoms with Crippen LogP contribution in [-0.2, 0) is 9.59 Å². The lowest BCUT2D eigenvalue weighted by Gasteiger charge is -2.08. The third-order valence-electron chi connectivity index (χ3n) is 2.71. The summed E-state index contributed by atoms with van der Waals surface area (Å²) in [5, 5.41) is 5.50. The van der Waals surface area contributed by atoms with E-state index in [1.807, 2.05) is 13.2 Å². The number of hydrogen-bond acceptors (Lipinski definition) is 3. The topological polar surface area (TPSA) is 58.2 Å². The number of carbonyl (C=O) groups excluding carboxylic acids is 2. The molecule has 0 bridgehead atoms. The minimum atomic E-state index is -0.146. The molecule has 0 aromatic rings. The summed E-state index contributed by atoms with van der Waals surface area (Å²) in [6.45, 7) is 6.26. The number of carbonyl (C=O) groups is 2. The van der Waals surface area contributed by atoms with Crippen LogP contribution in [0.1, 0.15) is 19.8 Å². The van der Waals surface area contributed by atoms with Crippen LogP contribution in [0.5, 0.6) is 0 Å². The summed E-state index contributed by atoms with van der Waals surface area (Å²) in [6, 6.07) is 0. The fourth-order valence-electron chi connectivity index (χ4n) is 1.81. The molecule has 0 spiro atoms. The molecule has 1 rings (SSSR count). The quantitative estimate of drug-likeness (QED) is 0.576. The Kier molecular flexibility index (Phi) is 6.42. The van der Waals surface area contributed by atoms with Crippen LogP contribution in [0.4, 0.5) is 0 Å². The highest BCUT2D eigenvalue weighted by Crippen LogP contribution is 2.22. The van der Waals surface area contributed by atoms with Gasteiger partial charge in [-0.25, -0.2) is 0 Å². The van der Waals surface area contributed by atoms with Crippen molar-refractivity contribution in [2.24, 2.45) is 0 Å². The molecule has 2 amide bonds. The van der Waals surface area contributed by atoms with Gasteiger partial charge >= 0.3 is 0 Å². The van der Waals surface area contributed by atoms with Gasteiger partial charge in [-0.2, -0.15) is 11.8 Å². The van der Waals surface area contributed by atoms with Gasteiger partial charge in [0, 0.05) is 17.8 Å². The standard InChI is InChI=1S/C14H20N2O2S/c1-4-6-11(12-9-13(17)16-10(12)2)14(18)15-7-5-8-19-3/h4,6H,2,5,7-9H2,1,3H3,(H,15,18)(H,16,17)/b6-4-,12-11+. The van der Waals surface area contributed by atoms with Crippen LogP contribution in [0.2, 0.25) is 0 Å². The monoisotopic (exact) mass is 280 g/mol. The van der Waals surface area contributed by atoms with Gasteiger partial charge in [-0.05, 0) is 30.9 Å². The zero-order valence-electron chi connectivity index (χ0n) is 11.4. The van der Waals surface area contributed by atoms with Crippen molar-refractivity contribution in [2.45, 2.75) is 19.8 Å². The van der Waals surface area contributed by atoms with Crippen molar-refractivity contribution in [3.63, 3.8) is 0 Å². The molecule has 0 radical (unpaired) electrons. The van der Waals surface area contributed by atoms with E-state index in [-0.39, 0.29) is 18.2 Å². The maximum Gasteiger partial charge on any atom is 0.251 e. The summed E-state index contributed by atoms with van der Waals surface area (Å²) < 4.78 is 0. The summed E-state index contributed by atoms with van der Waals surface area (Å²) in [5.41, 5.74) is 1.73. The van der Waals surface area contributed by atoms with Crippen LogP contribution in [0.15, 0.2) is 35.6 Å². The maximum atomic E-state index is 12.1. The molecule has 0 atom stereocenters. The Balaban J connectivity index is 2.77. The third kappa shape index (κ3) is 4.59. The van der Waals surface area contributed by atoms with Gasteiger partial charge in [0.1, 0.15) is 0 Å². The third-order valence-corrected chi connectivity index (χ3v) is 3.40. The molecule has 1 fully saturated rings. The Morgan fingerprint density at radius 1 is 1.58 bits per heavy atom. The molecule has 1 aliphatic rings. The molecular weight excluding hydrogens is 260 g/mol. The van der Waals surface area contributed by atoms with Crippen LogP contribution >= 0.6 is 11.8 Å². The van der Waals surface area contributed by atoms with Crippen LogP contribution in [0.25, 0.3) is 0 Å². The second kappa shape index (κ2) is 7.84. The first-order valence-electron chi connectivity index (χ1n) is 6.22. The molecule has 19 heavy (non-hydrogen) atoms. The molecule has 1 heterocycles. The van der Waals surface area contributed by atoms with Crippen molar-refractivity contribution in [2.75, 3.05) is 18.6 Å². The van der Waals surface area contributed by atoms with Crippen molar-refractivity contribution >= 4 is 23.6 Å². The molecule has 0 aliphatic carbocycles. The first kappa shape index (κ1) is 15.6. The highest BCUT2D eigenvalue weighted by Gasteiger charge is 2.24. The number of allylic oxidation sites excluding steroid dienone is 2. The zero-order chi connectivity index (χ0) is 14.3. The molecule has 2 N–H and O–H groups in total. The largest absolute Gasteiger partial charge is 0.352 e. The van der Waals surface area contributed by atoms with Crippen molar-refractivity contribution in [1.29, 1.82) is 0 Å². The Morgan fingerprint density at radius 2 is 2.32 bits per heavy atom. The number of amides is 2. The molecule has 104 valence electrons. The summed E-state index contributed by atoms with van der Waals surface area (Å²) in [7, 11) is 0. The van der Waals surface area contributed by atoms with Crippen molar-refractivity contribution in [1.82, 2.24) is 10.6 Å². The molecular formula is C14H20N2O2S. The second-order valence-electron chi connectivity index (χ2n) is 4.20. The predicted molar refractivity (Wildman–Crippen MR) is 79.7 cm³/mol. The summed E-state index contributed by atoms with van der Waals surface area (Å²) in [5.74, 6) is 0.756. The Morgan fingerprint density at radius 3 is 2.84 bits per heavy atom. The Bertz CT molecular complexity index is 439. The van der Waals surface area contributed by atoms with Gasteiger partial charge in [-0.1, -0.05) is 18.7 Å². The van der Waals surface area contributed by atoms with E-state index >= 15 is 0 Å². The van der Waals surface area contributed by atoms with Gasteiger partial charge in [0.25, 0.3) is 5.91 Å². The second-order valence-corrected chi connectivity index (χ2v) is 5.18. The molecule has 0 aromatic carbocycles. The lowest BCUT2D eigenvalue weighted by atomic mass is 10.0. The highest BCUT2D eigenvalue weighted by molar-refractivity contribution is 7.98. The van der Waals surface area contributed by atoms with Gasteiger partial charge in [0.15, 0.2) is 0 Å². The summed E-state index contributed by atoms with van der Waals surface area (Å²) in [4.78, 5) is 23.5. The van der Waals surface area contributed by atoms with Gasteiger partial charge in [0.05, 0.1) is 6.42 Å². The minimum Gasteiger partial charge on any atom is -0.352 e. The fourth-order valence-corrected chi connectivity index (χ4v) is 2.24. The van der Waals surface area contributed by atoms with E-state index < -0.39 is 0 Å². The van der Waals surface area contributed by atoms with Crippen molar-refractivity contribution < 1.29 is 9.59 Å². The van der Waals surface area contributed by atoms with Crippen LogP contribution < -0.4 is 10.6 Å². The van der Waals surface area contributed by atoms with Gasteiger partial charge in [0.2, 0.25) is 5.91 Å². The zero-order valence-corrected chi connectivity index (χ0v) is 12.2. The molecule has 1 saturated heterocycles. The summed E-state index contributed by atoms with van der Waals surface area (Å²) >= 11 is 1.75. The SMILES string of the molecule is C=C1NC(=O)C/C1=C(/C=C\C)C(=O)NCCCSC. The molecule has 4 nitrogen and oxygen atoms in total. The average Bonchev–Trinajstić information content (AvgIpc) is 2.70. The van der Waals surface area contributed by atoms with Gasteiger partial charge in [-0.3, -0.25) is 9.59 Å². The first-order valence-corrected chi connectivity index (χ1v) is 7.61. The number of thioether (sulfide) groups is 1. The van der Waals surface area contributed by atoms with Crippen molar-refractivity contribution in [3.8, 4) is 0 Å². The van der Waals surface area contributed by atoms with Gasteiger partial charge in [-0.15, -0.1) is 0 Å². The van der Waals surface area contributed by atoms with Crippen molar-refractivity contribution in [3.05, 3.63) is 35.6 Å². The van der Waals surface area contributed by atoms with E-state index in [0.717, 1.165) is 12.2 Å². The van der Waals surface area contributed by atoms with Crippen LogP contribution in [0.3, 0.4) is 0 Å². The van der Waals surface area contributed by atoms with E-state index in [4.69, 9.17) is 0 Å². The molecule has 1 aliphatic heterocycles. The fraction of sp³-hybridized carbons (Fsp3) is 0.429. The molecule has 0 unspecified atom stereocenters. The number of hydrogen-bond donors (Lipinski definition) is 2. The summed E-state index contributed by atoms with van der Waals surface area (Å²) in [6.07, 6.45) is 6.71. The Hall–Kier alpha value is -1.49. The van der Waals surface area contributed by atoms with Gasteiger partial charge < -0.3 is 10.6 Å². The highest BCUT2D eigenvalue weighted by atomic mass is 32.2. The molecule has 5 heteroatoms. The van der Waals surface area contributed by atoms with Crippen LogP contribution in [-0.4, -0.2) is 30.4 Å². The van der Waals surface area contributed by atoms with E-state index in [1.165, 1.54) is 0 Å². The molecule has 0 saturated carbocycles. The normalized spacial score (nSPS) is 17.8. The maximum absolute atomic E-state index is 12.1. The average molecular weight is 280 g/mol. The lowest BCUT2D eigenvalue weighted by molar-refractivity contribution is -0.118.